The van der Waals surface area contributed by atoms with Gasteiger partial charge < -0.3 is 29.6 Å². The van der Waals surface area contributed by atoms with Gasteiger partial charge in [0, 0.05) is 38.7 Å². The number of hydrogen-bond donors (Lipinski definition) is 2. The van der Waals surface area contributed by atoms with Crippen LogP contribution in [-0.2, 0) is 15.0 Å². The van der Waals surface area contributed by atoms with Crippen LogP contribution < -0.4 is 15.8 Å². The van der Waals surface area contributed by atoms with Crippen LogP contribution in [0.25, 0.3) is 27.0 Å². The fourth-order valence-corrected chi connectivity index (χ4v) is 12.4. The van der Waals surface area contributed by atoms with Crippen molar-refractivity contribution in [3.05, 3.63) is 122 Å². The first-order chi connectivity index (χ1) is 33.2. The molecule has 3 aromatic carbocycles. The lowest BCUT2D eigenvalue weighted by molar-refractivity contribution is -0.141. The van der Waals surface area contributed by atoms with Crippen LogP contribution in [0, 0.1) is 31.1 Å². The molecule has 69 heavy (non-hydrogen) atoms. The zero-order valence-corrected chi connectivity index (χ0v) is 41.4. The Morgan fingerprint density at radius 3 is 2.48 bits per heavy atom. The van der Waals surface area contributed by atoms with E-state index >= 15 is 0 Å². The van der Waals surface area contributed by atoms with Gasteiger partial charge in [0.15, 0.2) is 11.6 Å². The zero-order chi connectivity index (χ0) is 48.3. The van der Waals surface area contributed by atoms with Gasteiger partial charge in [-0.3, -0.25) is 19.0 Å². The van der Waals surface area contributed by atoms with E-state index in [1.165, 1.54) is 16.0 Å². The number of likely N-dealkylation sites (tertiary alicyclic amines) is 2. The Hall–Kier alpha value is -5.85. The number of nitrogens with one attached hydrogen (secondary N) is 1. The first-order valence-electron chi connectivity index (χ1n) is 24.3. The summed E-state index contributed by atoms with van der Waals surface area (Å²) in [6, 6.07) is 20.4. The summed E-state index contributed by atoms with van der Waals surface area (Å²) in [7, 11) is 0. The maximum absolute atomic E-state index is 14.4. The van der Waals surface area contributed by atoms with Crippen molar-refractivity contribution in [2.75, 3.05) is 44.2 Å². The second-order valence-electron chi connectivity index (χ2n) is 20.3. The van der Waals surface area contributed by atoms with Gasteiger partial charge in [0.2, 0.25) is 11.8 Å². The van der Waals surface area contributed by atoms with Gasteiger partial charge in [0.1, 0.15) is 23.8 Å². The molecule has 0 radical (unpaired) electrons. The molecule has 6 aromatic rings. The Morgan fingerprint density at radius 1 is 1.03 bits per heavy atom. The van der Waals surface area contributed by atoms with Crippen molar-refractivity contribution in [3.8, 4) is 28.5 Å². The highest BCUT2D eigenvalue weighted by Crippen LogP contribution is 2.45. The smallest absolute Gasteiger partial charge is 0.282 e. The Kier molecular flexibility index (Phi) is 12.8. The molecule has 0 unspecified atom stereocenters. The number of β-amino-alcohol motifs (C(OH)–C–C–N with tert-alkyl or cyclic N) is 1. The van der Waals surface area contributed by atoms with E-state index < -0.39 is 35.4 Å². The number of aliphatic hydroxyl groups is 1. The summed E-state index contributed by atoms with van der Waals surface area (Å²) in [6.45, 7) is 15.1. The number of carbonyl (C=O) groups excluding carboxylic acids is 2. The highest BCUT2D eigenvalue weighted by atomic mass is 35.5. The average Bonchev–Trinajstić information content (AvgIpc) is 4.14. The number of hydrogen-bond acceptors (Lipinski definition) is 11. The summed E-state index contributed by atoms with van der Waals surface area (Å²) >= 11 is 8.06. The Balaban J connectivity index is 0.731. The Labute approximate surface area is 411 Å². The topological polar surface area (TPSA) is 150 Å². The molecule has 7 heterocycles. The van der Waals surface area contributed by atoms with Crippen LogP contribution >= 0.6 is 22.9 Å². The van der Waals surface area contributed by atoms with Gasteiger partial charge in [-0.25, -0.2) is 4.98 Å². The van der Waals surface area contributed by atoms with Gasteiger partial charge in [0.25, 0.3) is 5.56 Å². The third kappa shape index (κ3) is 8.77. The number of aromatic nitrogens is 4. The monoisotopic (exact) mass is 966 g/mol. The molecular weight excluding hydrogens is 908 g/mol. The van der Waals surface area contributed by atoms with Crippen LogP contribution in [0.4, 0.5) is 5.82 Å². The van der Waals surface area contributed by atoms with E-state index in [9.17, 15) is 19.5 Å². The van der Waals surface area contributed by atoms with Crippen molar-refractivity contribution in [3.63, 3.8) is 0 Å². The number of aryl methyl sites for hydroxylation is 1. The number of fused-ring (bicyclic) bond motifs is 5. The molecular formula is C54H59ClN8O5S. The van der Waals surface area contributed by atoms with E-state index in [0.717, 1.165) is 97.1 Å². The second-order valence-corrected chi connectivity index (χ2v) is 21.6. The van der Waals surface area contributed by atoms with Crippen molar-refractivity contribution in [2.45, 2.75) is 102 Å². The average molecular weight is 968 g/mol. The molecule has 0 spiro atoms. The molecule has 2 amide bonds. The van der Waals surface area contributed by atoms with Gasteiger partial charge in [-0.2, -0.15) is 4.98 Å². The number of rotatable bonds is 11. The number of nitrogens with zero attached hydrogens (tertiary/aromatic N) is 7. The van der Waals surface area contributed by atoms with Crippen LogP contribution in [0.1, 0.15) is 112 Å². The largest absolute Gasteiger partial charge is 0.391 e. The summed E-state index contributed by atoms with van der Waals surface area (Å²) in [5, 5.41) is 19.1. The SMILES string of the molecule is C#C[C@H](NC(=O)[C@@H]1C[C@@H](O)CN1C(=O)[C@@H](c1cc(N2CCC(CN3CCC(c4ccc5c(c4)C(C)(C)c4nc(=O)c6c(Cl)cccc6n4-5)CC3)CC2)no1)C(C)C)c1ccc(-c2scnc2C)cc1. The van der Waals surface area contributed by atoms with Gasteiger partial charge in [0.05, 0.1) is 49.2 Å². The molecule has 3 saturated heterocycles. The first-order valence-corrected chi connectivity index (χ1v) is 25.5. The normalized spacial score (nSPS) is 20.5. The molecule has 0 bridgehead atoms. The van der Waals surface area contributed by atoms with Crippen LogP contribution in [0.5, 0.6) is 0 Å². The molecule has 0 aliphatic carbocycles. The number of amides is 2. The molecule has 3 aromatic heterocycles. The predicted molar refractivity (Wildman–Crippen MR) is 270 cm³/mol. The number of anilines is 1. The van der Waals surface area contributed by atoms with Crippen LogP contribution in [0.15, 0.2) is 81.6 Å². The fraction of sp³-hybridized carbons (Fsp3) is 0.444. The molecule has 13 nitrogen and oxygen atoms in total. The highest BCUT2D eigenvalue weighted by molar-refractivity contribution is 7.13. The summed E-state index contributed by atoms with van der Waals surface area (Å²) in [6.07, 6.45) is 9.44. The fourth-order valence-electron chi connectivity index (χ4n) is 11.3. The number of aliphatic hydroxyl groups excluding tert-OH is 1. The summed E-state index contributed by atoms with van der Waals surface area (Å²) in [5.74, 6) is 4.09. The predicted octanol–water partition coefficient (Wildman–Crippen LogP) is 8.39. The van der Waals surface area contributed by atoms with Crippen molar-refractivity contribution >= 4 is 51.5 Å². The van der Waals surface area contributed by atoms with Gasteiger partial charge in [-0.1, -0.05) is 79.0 Å². The summed E-state index contributed by atoms with van der Waals surface area (Å²) in [5.41, 5.74) is 8.21. The van der Waals surface area contributed by atoms with Gasteiger partial charge in [-0.15, -0.1) is 17.8 Å². The lowest BCUT2D eigenvalue weighted by atomic mass is 9.81. The van der Waals surface area contributed by atoms with Gasteiger partial charge >= 0.3 is 0 Å². The van der Waals surface area contributed by atoms with Crippen LogP contribution in [0.3, 0.4) is 0 Å². The minimum absolute atomic E-state index is 0.0356. The number of halogens is 1. The number of thiazole rings is 1. The minimum Gasteiger partial charge on any atom is -0.391 e. The Bertz CT molecular complexity index is 3010. The first kappa shape index (κ1) is 46.9. The molecule has 358 valence electrons. The second kappa shape index (κ2) is 18.8. The van der Waals surface area contributed by atoms with Gasteiger partial charge in [-0.05, 0) is 118 Å². The van der Waals surface area contributed by atoms with Crippen LogP contribution in [0.2, 0.25) is 5.02 Å². The number of piperidine rings is 2. The van der Waals surface area contributed by atoms with Crippen molar-refractivity contribution in [1.29, 1.82) is 0 Å². The number of carbonyl (C=O) groups is 2. The maximum Gasteiger partial charge on any atom is 0.282 e. The lowest BCUT2D eigenvalue weighted by Crippen LogP contribution is -2.48. The molecule has 0 saturated carbocycles. The van der Waals surface area contributed by atoms with Crippen molar-refractivity contribution < 1.29 is 19.2 Å². The summed E-state index contributed by atoms with van der Waals surface area (Å²) < 4.78 is 8.06. The van der Waals surface area contributed by atoms with Crippen LogP contribution in [-0.4, -0.2) is 97.8 Å². The van der Waals surface area contributed by atoms with E-state index in [-0.39, 0.29) is 30.3 Å². The standard InChI is InChI=1S/C54H59ClN8O5S/c1-7-41(35-11-13-36(14-12-35)49-32(4)56-30-69-49)57-50(65)44-26-38(64)29-62(44)52(67)47(31(2)3)45-27-46(59-68-45)61-23-17-33(18-24-61)28-60-21-19-34(20-22-60)37-15-16-42-39(25-37)54(5,6)53-58-51(66)48-40(55)9-8-10-43(48)63(42)53/h1,8-16,25,27,30-31,33-34,38,41,44,47,64H,17-24,26,28-29H2,2-6H3,(H,57,65)/t38-,41+,44+,47-/m1/s1. The quantitative estimate of drug-likeness (QED) is 0.121. The van der Waals surface area contributed by atoms with Crippen molar-refractivity contribution in [1.82, 2.24) is 34.8 Å². The van der Waals surface area contributed by atoms with E-state index in [1.54, 1.807) is 17.4 Å². The maximum atomic E-state index is 14.4. The third-order valence-corrected chi connectivity index (χ3v) is 16.5. The molecule has 10 rings (SSSR count). The molecule has 2 N–H and O–H groups in total. The highest BCUT2D eigenvalue weighted by Gasteiger charge is 2.44. The Morgan fingerprint density at radius 2 is 1.78 bits per heavy atom. The van der Waals surface area contributed by atoms with Crippen molar-refractivity contribution in [2.24, 2.45) is 11.8 Å². The van der Waals surface area contributed by atoms with E-state index in [0.29, 0.717) is 33.8 Å². The van der Waals surface area contributed by atoms with E-state index in [2.05, 4.69) is 72.8 Å². The van der Waals surface area contributed by atoms with E-state index in [1.807, 2.05) is 68.7 Å². The molecule has 4 aliphatic heterocycles. The molecule has 15 heteroatoms. The number of benzene rings is 3. The third-order valence-electron chi connectivity index (χ3n) is 15.2. The zero-order valence-electron chi connectivity index (χ0n) is 39.8. The minimum atomic E-state index is -0.893. The number of terminal acetylenes is 1. The molecule has 4 atom stereocenters. The molecule has 4 aliphatic rings. The lowest BCUT2D eigenvalue weighted by Gasteiger charge is -2.38. The summed E-state index contributed by atoms with van der Waals surface area (Å²) in [4.78, 5) is 57.8. The molecule has 3 fully saturated rings. The van der Waals surface area contributed by atoms with E-state index in [4.69, 9.17) is 22.5 Å².